The van der Waals surface area contributed by atoms with Crippen molar-refractivity contribution in [1.29, 1.82) is 0 Å². The quantitative estimate of drug-likeness (QED) is 0.506. The number of aldehydes is 1. The van der Waals surface area contributed by atoms with Crippen LogP contribution in [-0.4, -0.2) is 6.29 Å². The molecule has 0 radical (unpaired) electrons. The molecule has 2 rings (SSSR count). The normalized spacial score (nSPS) is 10.4. The summed E-state index contributed by atoms with van der Waals surface area (Å²) >= 11 is 23.9. The number of benzene rings is 2. The third kappa shape index (κ3) is 2.65. The molecule has 0 aliphatic rings. The lowest BCUT2D eigenvalue weighted by Gasteiger charge is -2.08. The minimum Gasteiger partial charge on any atom is -0.298 e. The summed E-state index contributed by atoms with van der Waals surface area (Å²) in [5.41, 5.74) is 1.87. The van der Waals surface area contributed by atoms with Crippen LogP contribution in [0.2, 0.25) is 20.1 Å². The summed E-state index contributed by atoms with van der Waals surface area (Å²) in [6.07, 6.45) is 0.723. The number of rotatable bonds is 2. The van der Waals surface area contributed by atoms with E-state index in [4.69, 9.17) is 46.4 Å². The van der Waals surface area contributed by atoms with Crippen molar-refractivity contribution in [3.8, 4) is 11.1 Å². The highest BCUT2D eigenvalue weighted by Gasteiger charge is 2.11. The van der Waals surface area contributed by atoms with Crippen molar-refractivity contribution in [2.75, 3.05) is 0 Å². The highest BCUT2D eigenvalue weighted by Crippen LogP contribution is 2.38. The van der Waals surface area contributed by atoms with E-state index in [0.717, 1.165) is 6.29 Å². The summed E-state index contributed by atoms with van der Waals surface area (Å²) in [7, 11) is 0. The topological polar surface area (TPSA) is 17.1 Å². The molecule has 0 atom stereocenters. The van der Waals surface area contributed by atoms with Gasteiger partial charge < -0.3 is 0 Å². The SMILES string of the molecule is O=Cc1cc(Cl)cc(-c2ccc(Cl)c(Cl)c2Cl)c1. The van der Waals surface area contributed by atoms with E-state index < -0.39 is 0 Å². The largest absolute Gasteiger partial charge is 0.298 e. The lowest BCUT2D eigenvalue weighted by atomic mass is 10.0. The third-order valence-electron chi connectivity index (χ3n) is 2.40. The minimum absolute atomic E-state index is 0.281. The maximum Gasteiger partial charge on any atom is 0.150 e. The Bertz CT molecular complexity index is 623. The molecule has 0 amide bonds. The van der Waals surface area contributed by atoms with Gasteiger partial charge in [-0.1, -0.05) is 52.5 Å². The molecule has 1 nitrogen and oxygen atoms in total. The Morgan fingerprint density at radius 3 is 2.28 bits per heavy atom. The van der Waals surface area contributed by atoms with Gasteiger partial charge in [0.1, 0.15) is 6.29 Å². The Morgan fingerprint density at radius 2 is 1.61 bits per heavy atom. The maximum absolute atomic E-state index is 10.8. The second-order valence-corrected chi connectivity index (χ2v) is 5.21. The van der Waals surface area contributed by atoms with E-state index in [1.807, 2.05) is 0 Å². The summed E-state index contributed by atoms with van der Waals surface area (Å²) in [5.74, 6) is 0. The van der Waals surface area contributed by atoms with Gasteiger partial charge in [-0.25, -0.2) is 0 Å². The van der Waals surface area contributed by atoms with Gasteiger partial charge in [-0.15, -0.1) is 0 Å². The van der Waals surface area contributed by atoms with Crippen LogP contribution < -0.4 is 0 Å². The third-order valence-corrected chi connectivity index (χ3v) is 3.91. The molecule has 0 fully saturated rings. The number of carbonyl (C=O) groups excluding carboxylic acids is 1. The van der Waals surface area contributed by atoms with E-state index in [1.165, 1.54) is 0 Å². The molecule has 0 saturated carbocycles. The molecule has 0 N–H and O–H groups in total. The van der Waals surface area contributed by atoms with Crippen molar-refractivity contribution in [3.63, 3.8) is 0 Å². The predicted molar refractivity (Wildman–Crippen MR) is 77.3 cm³/mol. The maximum atomic E-state index is 10.8. The van der Waals surface area contributed by atoms with Crippen LogP contribution in [0, 0.1) is 0 Å². The highest BCUT2D eigenvalue weighted by molar-refractivity contribution is 6.49. The first-order valence-electron chi connectivity index (χ1n) is 4.92. The van der Waals surface area contributed by atoms with Crippen LogP contribution in [0.1, 0.15) is 10.4 Å². The first kappa shape index (κ1) is 13.7. The molecule has 0 spiro atoms. The van der Waals surface area contributed by atoms with E-state index in [0.29, 0.717) is 31.8 Å². The Labute approximate surface area is 124 Å². The first-order valence-corrected chi connectivity index (χ1v) is 6.43. The zero-order valence-corrected chi connectivity index (χ0v) is 11.9. The molecule has 0 aromatic heterocycles. The Kier molecular flexibility index (Phi) is 4.18. The van der Waals surface area contributed by atoms with E-state index in [-0.39, 0.29) is 5.02 Å². The van der Waals surface area contributed by atoms with Crippen LogP contribution in [0.3, 0.4) is 0 Å². The van der Waals surface area contributed by atoms with Crippen molar-refractivity contribution in [1.82, 2.24) is 0 Å². The highest BCUT2D eigenvalue weighted by atomic mass is 35.5. The van der Waals surface area contributed by atoms with Gasteiger partial charge in [0.2, 0.25) is 0 Å². The Balaban J connectivity index is 2.65. The molecule has 0 aliphatic heterocycles. The Hall–Kier alpha value is -0.730. The molecule has 2 aromatic carbocycles. The first-order chi connectivity index (χ1) is 8.52. The molecule has 18 heavy (non-hydrogen) atoms. The second kappa shape index (κ2) is 5.50. The van der Waals surface area contributed by atoms with Gasteiger partial charge >= 0.3 is 0 Å². The van der Waals surface area contributed by atoms with Crippen LogP contribution in [0.4, 0.5) is 0 Å². The standard InChI is InChI=1S/C13H6Cl4O/c14-9-4-7(6-18)3-8(5-9)10-1-2-11(15)13(17)12(10)16/h1-6H. The van der Waals surface area contributed by atoms with Gasteiger partial charge in [-0.05, 0) is 29.8 Å². The predicted octanol–water partition coefficient (Wildman–Crippen LogP) is 5.78. The van der Waals surface area contributed by atoms with Crippen LogP contribution in [0.15, 0.2) is 30.3 Å². The molecule has 0 unspecified atom stereocenters. The van der Waals surface area contributed by atoms with Gasteiger partial charge in [0.05, 0.1) is 15.1 Å². The van der Waals surface area contributed by atoms with Gasteiger partial charge in [0.25, 0.3) is 0 Å². The zero-order chi connectivity index (χ0) is 13.3. The summed E-state index contributed by atoms with van der Waals surface area (Å²) < 4.78 is 0. The average Bonchev–Trinajstić information content (AvgIpc) is 2.35. The fourth-order valence-electron chi connectivity index (χ4n) is 1.58. The summed E-state index contributed by atoms with van der Waals surface area (Å²) in [4.78, 5) is 10.8. The molecule has 92 valence electrons. The fourth-order valence-corrected chi connectivity index (χ4v) is 2.47. The van der Waals surface area contributed by atoms with Crippen LogP contribution in [0.5, 0.6) is 0 Å². The lowest BCUT2D eigenvalue weighted by molar-refractivity contribution is 0.112. The van der Waals surface area contributed by atoms with E-state index >= 15 is 0 Å². The van der Waals surface area contributed by atoms with Crippen molar-refractivity contribution in [2.45, 2.75) is 0 Å². The molecule has 5 heteroatoms. The molecule has 2 aromatic rings. The fraction of sp³-hybridized carbons (Fsp3) is 0. The molecule has 0 aliphatic carbocycles. The monoisotopic (exact) mass is 318 g/mol. The summed E-state index contributed by atoms with van der Waals surface area (Å²) in [6.45, 7) is 0. The summed E-state index contributed by atoms with van der Waals surface area (Å²) in [5, 5.41) is 1.45. The number of hydrogen-bond donors (Lipinski definition) is 0. The van der Waals surface area contributed by atoms with E-state index in [9.17, 15) is 4.79 Å². The minimum atomic E-state index is 0.281. The van der Waals surface area contributed by atoms with E-state index in [1.54, 1.807) is 30.3 Å². The van der Waals surface area contributed by atoms with Crippen LogP contribution in [0.25, 0.3) is 11.1 Å². The van der Waals surface area contributed by atoms with Crippen LogP contribution in [-0.2, 0) is 0 Å². The van der Waals surface area contributed by atoms with Crippen molar-refractivity contribution >= 4 is 52.7 Å². The molecular weight excluding hydrogens is 314 g/mol. The van der Waals surface area contributed by atoms with Crippen LogP contribution >= 0.6 is 46.4 Å². The van der Waals surface area contributed by atoms with Gasteiger partial charge in [0, 0.05) is 16.1 Å². The van der Waals surface area contributed by atoms with Crippen molar-refractivity contribution in [2.24, 2.45) is 0 Å². The lowest BCUT2D eigenvalue weighted by Crippen LogP contribution is -1.86. The number of halogens is 4. The zero-order valence-electron chi connectivity index (χ0n) is 8.88. The van der Waals surface area contributed by atoms with Gasteiger partial charge in [0.15, 0.2) is 0 Å². The van der Waals surface area contributed by atoms with E-state index in [2.05, 4.69) is 0 Å². The second-order valence-electron chi connectivity index (χ2n) is 3.61. The summed E-state index contributed by atoms with van der Waals surface area (Å²) in [6, 6.07) is 8.34. The molecule has 0 heterocycles. The van der Waals surface area contributed by atoms with Gasteiger partial charge in [-0.2, -0.15) is 0 Å². The van der Waals surface area contributed by atoms with Crippen molar-refractivity contribution in [3.05, 3.63) is 56.0 Å². The smallest absolute Gasteiger partial charge is 0.150 e. The van der Waals surface area contributed by atoms with Crippen molar-refractivity contribution < 1.29 is 4.79 Å². The molecule has 0 saturated heterocycles. The number of carbonyl (C=O) groups is 1. The molecular formula is C13H6Cl4O. The average molecular weight is 320 g/mol. The van der Waals surface area contributed by atoms with Gasteiger partial charge in [-0.3, -0.25) is 4.79 Å². The molecule has 0 bridgehead atoms. The number of hydrogen-bond acceptors (Lipinski definition) is 1. The Morgan fingerprint density at radius 1 is 0.889 bits per heavy atom.